The smallest absolute Gasteiger partial charge is 0.223 e. The number of halogens is 1. The molecular weight excluding hydrogens is 392 g/mol. The molecule has 4 atom stereocenters. The maximum atomic E-state index is 13.2. The second kappa shape index (κ2) is 10.3. The van der Waals surface area contributed by atoms with Crippen LogP contribution in [0.4, 0.5) is 0 Å². The Balaban J connectivity index is 1.42. The first-order valence-corrected chi connectivity index (χ1v) is 12.5. The van der Waals surface area contributed by atoms with Crippen LogP contribution in [0.2, 0.25) is 0 Å². The third-order valence-corrected chi connectivity index (χ3v) is 7.90. The Hall–Kier alpha value is -1.35. The summed E-state index contributed by atoms with van der Waals surface area (Å²) in [6.45, 7) is 3.74. The standard InChI is InChI=1S/C26H37ClN2O/c1-18-7-10-21(11-8-18)23-13-22(20-5-3-2-4-6-20)14-24(15-23)26(30)29-17-19-9-12-25(27)28-16-19/h7,10-11,13,18-20,22,24H,2-6,8-9,12,14-17H2,1H3,(H,29,30)/t18-,19?,22?,24?/m1/s1. The molecule has 3 nitrogen and oxygen atoms in total. The molecule has 1 amide bonds. The van der Waals surface area contributed by atoms with Gasteiger partial charge in [-0.2, -0.15) is 0 Å². The van der Waals surface area contributed by atoms with Gasteiger partial charge in [0.25, 0.3) is 0 Å². The summed E-state index contributed by atoms with van der Waals surface area (Å²) in [7, 11) is 0. The zero-order valence-corrected chi connectivity index (χ0v) is 19.2. The van der Waals surface area contributed by atoms with Crippen LogP contribution in [0.5, 0.6) is 0 Å². The lowest BCUT2D eigenvalue weighted by molar-refractivity contribution is -0.125. The fourth-order valence-electron chi connectivity index (χ4n) is 5.62. The number of carbonyl (C=O) groups excluding carboxylic acids is 1. The molecule has 0 aromatic carbocycles. The van der Waals surface area contributed by atoms with Crippen LogP contribution < -0.4 is 5.32 Å². The van der Waals surface area contributed by atoms with Crippen molar-refractivity contribution in [2.45, 2.75) is 71.1 Å². The lowest BCUT2D eigenvalue weighted by atomic mass is 9.70. The van der Waals surface area contributed by atoms with Crippen molar-refractivity contribution in [2.24, 2.45) is 34.6 Å². The van der Waals surface area contributed by atoms with Gasteiger partial charge in [0.05, 0.1) is 0 Å². The minimum atomic E-state index is 0.0984. The molecule has 3 unspecified atom stereocenters. The number of rotatable bonds is 5. The average Bonchev–Trinajstić information content (AvgIpc) is 2.79. The first kappa shape index (κ1) is 21.9. The fraction of sp³-hybridized carbons (Fsp3) is 0.692. The fourth-order valence-corrected chi connectivity index (χ4v) is 5.80. The minimum absolute atomic E-state index is 0.0984. The van der Waals surface area contributed by atoms with Gasteiger partial charge in [-0.1, -0.05) is 62.1 Å². The van der Waals surface area contributed by atoms with E-state index in [1.807, 2.05) is 0 Å². The van der Waals surface area contributed by atoms with Crippen LogP contribution in [0.3, 0.4) is 0 Å². The Morgan fingerprint density at radius 1 is 1.23 bits per heavy atom. The number of nitrogens with zero attached hydrogens (tertiary/aromatic N) is 1. The minimum Gasteiger partial charge on any atom is -0.356 e. The van der Waals surface area contributed by atoms with E-state index >= 15 is 0 Å². The number of carbonyl (C=O) groups is 1. The summed E-state index contributed by atoms with van der Waals surface area (Å²) in [5.41, 5.74) is 2.77. The van der Waals surface area contributed by atoms with Crippen molar-refractivity contribution in [3.8, 4) is 0 Å². The normalized spacial score (nSPS) is 32.8. The second-order valence-corrected chi connectivity index (χ2v) is 10.4. The molecule has 1 heterocycles. The maximum Gasteiger partial charge on any atom is 0.223 e. The van der Waals surface area contributed by atoms with Crippen molar-refractivity contribution in [3.05, 3.63) is 35.5 Å². The van der Waals surface area contributed by atoms with E-state index in [0.29, 0.717) is 17.8 Å². The van der Waals surface area contributed by atoms with Gasteiger partial charge in [-0.25, -0.2) is 0 Å². The van der Waals surface area contributed by atoms with E-state index in [0.717, 1.165) is 56.3 Å². The molecule has 30 heavy (non-hydrogen) atoms. The quantitative estimate of drug-likeness (QED) is 0.556. The van der Waals surface area contributed by atoms with Gasteiger partial charge in [-0.05, 0) is 73.3 Å². The summed E-state index contributed by atoms with van der Waals surface area (Å²) in [4.78, 5) is 17.5. The zero-order chi connectivity index (χ0) is 20.9. The molecule has 0 saturated heterocycles. The zero-order valence-electron chi connectivity index (χ0n) is 18.4. The van der Waals surface area contributed by atoms with Crippen LogP contribution >= 0.6 is 11.6 Å². The highest BCUT2D eigenvalue weighted by Gasteiger charge is 2.33. The highest BCUT2D eigenvalue weighted by Crippen LogP contribution is 2.41. The first-order chi connectivity index (χ1) is 14.6. The lowest BCUT2D eigenvalue weighted by Crippen LogP contribution is -2.38. The van der Waals surface area contributed by atoms with Crippen LogP contribution in [0.15, 0.2) is 40.4 Å². The molecule has 4 heteroatoms. The van der Waals surface area contributed by atoms with E-state index in [2.05, 4.69) is 41.5 Å². The summed E-state index contributed by atoms with van der Waals surface area (Å²) in [6, 6.07) is 0. The third-order valence-electron chi connectivity index (χ3n) is 7.59. The molecule has 164 valence electrons. The monoisotopic (exact) mass is 428 g/mol. The van der Waals surface area contributed by atoms with Crippen LogP contribution in [0.1, 0.15) is 71.1 Å². The number of aliphatic imine (C=N–C) groups is 1. The molecule has 1 fully saturated rings. The summed E-state index contributed by atoms with van der Waals surface area (Å²) < 4.78 is 0. The Labute approximate surface area is 187 Å². The van der Waals surface area contributed by atoms with Gasteiger partial charge in [-0.3, -0.25) is 9.79 Å². The van der Waals surface area contributed by atoms with E-state index in [9.17, 15) is 4.79 Å². The second-order valence-electron chi connectivity index (χ2n) is 9.99. The molecule has 0 aromatic rings. The van der Waals surface area contributed by atoms with Gasteiger partial charge in [0.15, 0.2) is 0 Å². The molecule has 0 bridgehead atoms. The van der Waals surface area contributed by atoms with E-state index in [1.54, 1.807) is 0 Å². The van der Waals surface area contributed by atoms with Crippen molar-refractivity contribution in [1.82, 2.24) is 5.32 Å². The van der Waals surface area contributed by atoms with Gasteiger partial charge in [0, 0.05) is 25.4 Å². The van der Waals surface area contributed by atoms with Crippen molar-refractivity contribution in [3.63, 3.8) is 0 Å². The van der Waals surface area contributed by atoms with E-state index < -0.39 is 0 Å². The van der Waals surface area contributed by atoms with E-state index in [4.69, 9.17) is 11.6 Å². The summed E-state index contributed by atoms with van der Waals surface area (Å²) >= 11 is 6.00. The summed E-state index contributed by atoms with van der Waals surface area (Å²) in [6.07, 6.45) is 21.2. The molecule has 3 aliphatic carbocycles. The number of hydrogen-bond donors (Lipinski definition) is 1. The van der Waals surface area contributed by atoms with Gasteiger partial charge in [0.1, 0.15) is 5.17 Å². The van der Waals surface area contributed by atoms with Crippen molar-refractivity contribution < 1.29 is 4.79 Å². The summed E-state index contributed by atoms with van der Waals surface area (Å²) in [5.74, 6) is 2.70. The Morgan fingerprint density at radius 2 is 2.07 bits per heavy atom. The van der Waals surface area contributed by atoms with Crippen molar-refractivity contribution in [1.29, 1.82) is 0 Å². The van der Waals surface area contributed by atoms with Gasteiger partial charge < -0.3 is 5.32 Å². The molecule has 1 aliphatic heterocycles. The number of nitrogens with one attached hydrogen (secondary N) is 1. The van der Waals surface area contributed by atoms with Crippen LogP contribution in [0, 0.1) is 29.6 Å². The molecule has 0 spiro atoms. The topological polar surface area (TPSA) is 41.5 Å². The Morgan fingerprint density at radius 3 is 2.77 bits per heavy atom. The molecule has 0 aromatic heterocycles. The van der Waals surface area contributed by atoms with Gasteiger partial charge >= 0.3 is 0 Å². The van der Waals surface area contributed by atoms with Gasteiger partial charge in [0.2, 0.25) is 5.91 Å². The van der Waals surface area contributed by atoms with E-state index in [-0.39, 0.29) is 11.8 Å². The maximum absolute atomic E-state index is 13.2. The third kappa shape index (κ3) is 5.66. The molecule has 4 aliphatic rings. The number of amides is 1. The van der Waals surface area contributed by atoms with Crippen LogP contribution in [-0.4, -0.2) is 24.2 Å². The Kier molecular flexibility index (Phi) is 7.51. The van der Waals surface area contributed by atoms with Crippen molar-refractivity contribution in [2.75, 3.05) is 13.1 Å². The predicted octanol–water partition coefficient (Wildman–Crippen LogP) is 6.21. The molecule has 4 rings (SSSR count). The van der Waals surface area contributed by atoms with Crippen LogP contribution in [-0.2, 0) is 4.79 Å². The van der Waals surface area contributed by atoms with E-state index in [1.165, 1.54) is 43.3 Å². The lowest BCUT2D eigenvalue weighted by Gasteiger charge is -2.35. The highest BCUT2D eigenvalue weighted by atomic mass is 35.5. The number of allylic oxidation sites excluding steroid dienone is 6. The molecule has 1 saturated carbocycles. The van der Waals surface area contributed by atoms with Gasteiger partial charge in [-0.15, -0.1) is 0 Å². The molecule has 0 radical (unpaired) electrons. The highest BCUT2D eigenvalue weighted by molar-refractivity contribution is 6.65. The number of hydrogen-bond acceptors (Lipinski definition) is 2. The van der Waals surface area contributed by atoms with Crippen molar-refractivity contribution >= 4 is 22.7 Å². The molecular formula is C26H37ClN2O. The summed E-state index contributed by atoms with van der Waals surface area (Å²) in [5, 5.41) is 4.01. The van der Waals surface area contributed by atoms with Crippen LogP contribution in [0.25, 0.3) is 0 Å². The molecule has 1 N–H and O–H groups in total. The first-order valence-electron chi connectivity index (χ1n) is 12.1. The predicted molar refractivity (Wildman–Crippen MR) is 126 cm³/mol. The SMILES string of the molecule is C[C@@H]1C=CC(C2=CC(C3CCCCC3)CC(C(=O)NCC3CCC(Cl)=NC3)C2)=CC1. The Bertz CT molecular complexity index is 744. The largest absolute Gasteiger partial charge is 0.356 e. The average molecular weight is 429 g/mol.